The maximum atomic E-state index is 11.4. The van der Waals surface area contributed by atoms with E-state index in [0.717, 1.165) is 0 Å². The van der Waals surface area contributed by atoms with Gasteiger partial charge in [-0.3, -0.25) is 5.32 Å². The van der Waals surface area contributed by atoms with Crippen molar-refractivity contribution in [2.75, 3.05) is 11.9 Å². The van der Waals surface area contributed by atoms with E-state index in [2.05, 4.69) is 5.32 Å². The number of aromatic carboxylic acids is 1. The highest BCUT2D eigenvalue weighted by Gasteiger charge is 2.16. The minimum atomic E-state index is -1.21. The van der Waals surface area contributed by atoms with Gasteiger partial charge in [0, 0.05) is 0 Å². The van der Waals surface area contributed by atoms with Crippen LogP contribution in [0.1, 0.15) is 24.2 Å². The van der Waals surface area contributed by atoms with E-state index in [9.17, 15) is 9.59 Å². The van der Waals surface area contributed by atoms with E-state index in [4.69, 9.17) is 21.4 Å². The second kappa shape index (κ2) is 6.26. The first-order chi connectivity index (χ1) is 8.41. The normalized spacial score (nSPS) is 10.2. The fourth-order valence-corrected chi connectivity index (χ4v) is 1.49. The van der Waals surface area contributed by atoms with Crippen LogP contribution in [0.25, 0.3) is 0 Å². The summed E-state index contributed by atoms with van der Waals surface area (Å²) in [5, 5.41) is 11.4. The molecule has 0 atom stereocenters. The van der Waals surface area contributed by atoms with Crippen LogP contribution < -0.4 is 5.32 Å². The summed E-state index contributed by atoms with van der Waals surface area (Å²) in [6, 6.07) is 4.44. The summed E-state index contributed by atoms with van der Waals surface area (Å²) in [6.45, 7) is 4.06. The summed E-state index contributed by atoms with van der Waals surface area (Å²) < 4.78 is 4.90. The smallest absolute Gasteiger partial charge is 0.411 e. The molecule has 6 heteroatoms. The van der Waals surface area contributed by atoms with Gasteiger partial charge in [0.1, 0.15) is 5.56 Å². The van der Waals surface area contributed by atoms with Crippen molar-refractivity contribution in [1.82, 2.24) is 0 Å². The fourth-order valence-electron chi connectivity index (χ4n) is 1.23. The van der Waals surface area contributed by atoms with Crippen molar-refractivity contribution in [2.24, 2.45) is 5.92 Å². The maximum Gasteiger partial charge on any atom is 0.411 e. The monoisotopic (exact) mass is 271 g/mol. The van der Waals surface area contributed by atoms with Gasteiger partial charge in [-0.05, 0) is 18.1 Å². The first-order valence-electron chi connectivity index (χ1n) is 5.37. The molecule has 0 aliphatic carbocycles. The SMILES string of the molecule is CC(C)COC(=O)Nc1cccc(Cl)c1C(=O)O. The summed E-state index contributed by atoms with van der Waals surface area (Å²) in [7, 11) is 0. The van der Waals surface area contributed by atoms with Crippen molar-refractivity contribution in [1.29, 1.82) is 0 Å². The van der Waals surface area contributed by atoms with Gasteiger partial charge in [0.15, 0.2) is 0 Å². The number of anilines is 1. The summed E-state index contributed by atoms with van der Waals surface area (Å²) in [5.41, 5.74) is -0.0376. The van der Waals surface area contributed by atoms with Crippen molar-refractivity contribution >= 4 is 29.4 Å². The fraction of sp³-hybridized carbons (Fsp3) is 0.333. The van der Waals surface area contributed by atoms with Crippen molar-refractivity contribution in [3.63, 3.8) is 0 Å². The van der Waals surface area contributed by atoms with E-state index in [0.29, 0.717) is 0 Å². The Morgan fingerprint density at radius 2 is 2.11 bits per heavy atom. The largest absolute Gasteiger partial charge is 0.478 e. The molecule has 0 heterocycles. The van der Waals surface area contributed by atoms with E-state index >= 15 is 0 Å². The Morgan fingerprint density at radius 1 is 1.44 bits per heavy atom. The lowest BCUT2D eigenvalue weighted by molar-refractivity contribution is 0.0698. The van der Waals surface area contributed by atoms with Gasteiger partial charge >= 0.3 is 12.1 Å². The molecule has 0 spiro atoms. The zero-order valence-corrected chi connectivity index (χ0v) is 10.8. The van der Waals surface area contributed by atoms with Crippen molar-refractivity contribution in [2.45, 2.75) is 13.8 Å². The Morgan fingerprint density at radius 3 is 2.67 bits per heavy atom. The van der Waals surface area contributed by atoms with E-state index in [-0.39, 0.29) is 28.8 Å². The lowest BCUT2D eigenvalue weighted by Gasteiger charge is -2.11. The van der Waals surface area contributed by atoms with Crippen molar-refractivity contribution < 1.29 is 19.4 Å². The van der Waals surface area contributed by atoms with Crippen molar-refractivity contribution in [3.8, 4) is 0 Å². The molecule has 0 unspecified atom stereocenters. The molecule has 0 saturated carbocycles. The standard InChI is InChI=1S/C12H14ClNO4/c1-7(2)6-18-12(17)14-9-5-3-4-8(13)10(9)11(15)16/h3-5,7H,6H2,1-2H3,(H,14,17)(H,15,16). The second-order valence-corrected chi connectivity index (χ2v) is 4.49. The molecule has 0 aliphatic rings. The molecule has 0 radical (unpaired) electrons. The summed E-state index contributed by atoms with van der Waals surface area (Å²) >= 11 is 5.76. The molecule has 1 amide bonds. The molecular weight excluding hydrogens is 258 g/mol. The average Bonchev–Trinajstić information content (AvgIpc) is 2.26. The number of ether oxygens (including phenoxy) is 1. The third-order valence-corrected chi connectivity index (χ3v) is 2.33. The maximum absolute atomic E-state index is 11.4. The third kappa shape index (κ3) is 3.92. The molecule has 98 valence electrons. The summed E-state index contributed by atoms with van der Waals surface area (Å²) in [5.74, 6) is -1.01. The molecule has 0 bridgehead atoms. The van der Waals surface area contributed by atoms with Gasteiger partial charge in [-0.1, -0.05) is 31.5 Å². The number of hydrogen-bond acceptors (Lipinski definition) is 3. The van der Waals surface area contributed by atoms with Gasteiger partial charge in [0.2, 0.25) is 0 Å². The van der Waals surface area contributed by atoms with Gasteiger partial charge in [0.25, 0.3) is 0 Å². The molecule has 18 heavy (non-hydrogen) atoms. The number of amides is 1. The number of halogens is 1. The number of rotatable bonds is 4. The molecular formula is C12H14ClNO4. The Kier molecular flexibility index (Phi) is 4.97. The summed E-state index contributed by atoms with van der Waals surface area (Å²) in [4.78, 5) is 22.4. The number of hydrogen-bond donors (Lipinski definition) is 2. The quantitative estimate of drug-likeness (QED) is 0.881. The lowest BCUT2D eigenvalue weighted by Crippen LogP contribution is -2.18. The molecule has 0 fully saturated rings. The Labute approximate surface area is 110 Å². The van der Waals surface area contributed by atoms with Crippen LogP contribution in [-0.4, -0.2) is 23.8 Å². The van der Waals surface area contributed by atoms with Crippen LogP contribution in [0.2, 0.25) is 5.02 Å². The van der Waals surface area contributed by atoms with Crippen LogP contribution in [0.4, 0.5) is 10.5 Å². The van der Waals surface area contributed by atoms with E-state index in [1.807, 2.05) is 13.8 Å². The van der Waals surface area contributed by atoms with Gasteiger partial charge in [-0.2, -0.15) is 0 Å². The number of nitrogens with one attached hydrogen (secondary N) is 1. The van der Waals surface area contributed by atoms with Gasteiger partial charge in [0.05, 0.1) is 17.3 Å². The third-order valence-electron chi connectivity index (χ3n) is 2.01. The molecule has 5 nitrogen and oxygen atoms in total. The highest BCUT2D eigenvalue weighted by molar-refractivity contribution is 6.34. The van der Waals surface area contributed by atoms with E-state index in [1.165, 1.54) is 12.1 Å². The molecule has 0 saturated heterocycles. The first kappa shape index (κ1) is 14.3. The molecule has 1 rings (SSSR count). The number of carboxylic acid groups (broad SMARTS) is 1. The zero-order chi connectivity index (χ0) is 13.7. The number of carbonyl (C=O) groups is 2. The average molecular weight is 272 g/mol. The van der Waals surface area contributed by atoms with Crippen LogP contribution >= 0.6 is 11.6 Å². The highest BCUT2D eigenvalue weighted by atomic mass is 35.5. The Bertz CT molecular complexity index is 459. The highest BCUT2D eigenvalue weighted by Crippen LogP contribution is 2.24. The molecule has 0 aliphatic heterocycles. The first-order valence-corrected chi connectivity index (χ1v) is 5.75. The van der Waals surface area contributed by atoms with E-state index in [1.54, 1.807) is 6.07 Å². The van der Waals surface area contributed by atoms with Crippen LogP contribution in [0.5, 0.6) is 0 Å². The predicted molar refractivity (Wildman–Crippen MR) is 68.2 cm³/mol. The molecule has 0 aromatic heterocycles. The van der Waals surface area contributed by atoms with Gasteiger partial charge < -0.3 is 9.84 Å². The lowest BCUT2D eigenvalue weighted by atomic mass is 10.2. The number of carboxylic acids is 1. The van der Waals surface area contributed by atoms with Crippen LogP contribution in [-0.2, 0) is 4.74 Å². The molecule has 1 aromatic carbocycles. The van der Waals surface area contributed by atoms with E-state index < -0.39 is 12.1 Å². The predicted octanol–water partition coefficient (Wildman–Crippen LogP) is 3.24. The Hall–Kier alpha value is -1.75. The summed E-state index contributed by atoms with van der Waals surface area (Å²) in [6.07, 6.45) is -0.700. The minimum Gasteiger partial charge on any atom is -0.478 e. The zero-order valence-electron chi connectivity index (χ0n) is 10.1. The Balaban J connectivity index is 2.81. The van der Waals surface area contributed by atoms with Gasteiger partial charge in [-0.25, -0.2) is 9.59 Å². The molecule has 2 N–H and O–H groups in total. The molecule has 1 aromatic rings. The minimum absolute atomic E-state index is 0.0594. The van der Waals surface area contributed by atoms with Crippen LogP contribution in [0, 0.1) is 5.92 Å². The second-order valence-electron chi connectivity index (χ2n) is 4.08. The topological polar surface area (TPSA) is 75.6 Å². The number of carbonyl (C=O) groups excluding carboxylic acids is 1. The van der Waals surface area contributed by atoms with Crippen LogP contribution in [0.3, 0.4) is 0 Å². The van der Waals surface area contributed by atoms with Crippen molar-refractivity contribution in [3.05, 3.63) is 28.8 Å². The number of benzene rings is 1. The van der Waals surface area contributed by atoms with Gasteiger partial charge in [-0.15, -0.1) is 0 Å². The van der Waals surface area contributed by atoms with Crippen LogP contribution in [0.15, 0.2) is 18.2 Å².